The zero-order valence-corrected chi connectivity index (χ0v) is 17.7. The van der Waals surface area contributed by atoms with E-state index in [-0.39, 0.29) is 25.6 Å². The summed E-state index contributed by atoms with van der Waals surface area (Å²) in [6, 6.07) is 4.88. The minimum Gasteiger partial charge on any atom is -0.475 e. The van der Waals surface area contributed by atoms with Gasteiger partial charge in [0.05, 0.1) is 18.5 Å². The van der Waals surface area contributed by atoms with Crippen LogP contribution in [0.2, 0.25) is 0 Å². The van der Waals surface area contributed by atoms with Crippen LogP contribution < -0.4 is 20.3 Å². The summed E-state index contributed by atoms with van der Waals surface area (Å²) in [6.45, 7) is 3.34. The number of carbonyl (C=O) groups is 1. The normalized spacial score (nSPS) is 14.8. The maximum atomic E-state index is 13.2. The molecule has 0 aromatic carbocycles. The number of anilines is 2. The van der Waals surface area contributed by atoms with Crippen LogP contribution in [0.1, 0.15) is 31.0 Å². The van der Waals surface area contributed by atoms with Gasteiger partial charge in [-0.25, -0.2) is 14.8 Å². The van der Waals surface area contributed by atoms with Crippen LogP contribution in [0.3, 0.4) is 0 Å². The molecule has 0 unspecified atom stereocenters. The molecule has 0 bridgehead atoms. The number of pyridine rings is 2. The molecule has 32 heavy (non-hydrogen) atoms. The number of carbonyl (C=O) groups excluding carboxylic acids is 1. The Morgan fingerprint density at radius 1 is 1.25 bits per heavy atom. The number of ether oxygens (including phenoxy) is 1. The predicted octanol–water partition coefficient (Wildman–Crippen LogP) is 3.42. The molecule has 3 rings (SSSR count). The van der Waals surface area contributed by atoms with Crippen molar-refractivity contribution >= 4 is 17.5 Å². The number of aromatic nitrogens is 2. The van der Waals surface area contributed by atoms with E-state index in [2.05, 4.69) is 27.5 Å². The lowest BCUT2D eigenvalue weighted by molar-refractivity contribution is -0.141. The van der Waals surface area contributed by atoms with Crippen molar-refractivity contribution in [2.24, 2.45) is 5.92 Å². The van der Waals surface area contributed by atoms with E-state index in [1.54, 1.807) is 12.1 Å². The minimum atomic E-state index is -4.54. The average molecular weight is 453 g/mol. The molecule has 0 radical (unpaired) electrons. The zero-order chi connectivity index (χ0) is 23.1. The zero-order valence-electron chi connectivity index (χ0n) is 17.7. The van der Waals surface area contributed by atoms with E-state index in [4.69, 9.17) is 9.84 Å². The van der Waals surface area contributed by atoms with E-state index in [0.717, 1.165) is 18.9 Å². The van der Waals surface area contributed by atoms with Gasteiger partial charge in [0.15, 0.2) is 0 Å². The van der Waals surface area contributed by atoms with Gasteiger partial charge < -0.3 is 25.4 Å². The summed E-state index contributed by atoms with van der Waals surface area (Å²) in [5.41, 5.74) is -0.0304. The molecule has 2 amide bonds. The maximum absolute atomic E-state index is 13.2. The Labute approximate surface area is 183 Å². The molecule has 1 aliphatic rings. The standard InChI is InChI=1S/C21H26F3N5O3/c1-14-6-8-29(9-7-14)19-15(2-4-17(28-19)21(22,23)24)12-26-20(31)27-16-3-5-18(25-13-16)32-11-10-30/h2-5,13-14,30H,6-12H2,1H3,(H2,26,27,31). The first-order valence-corrected chi connectivity index (χ1v) is 10.3. The van der Waals surface area contributed by atoms with Crippen molar-refractivity contribution < 1.29 is 27.8 Å². The number of urea groups is 1. The fourth-order valence-electron chi connectivity index (χ4n) is 3.31. The van der Waals surface area contributed by atoms with Gasteiger partial charge in [0.1, 0.15) is 18.1 Å². The molecule has 174 valence electrons. The second kappa shape index (κ2) is 10.5. The van der Waals surface area contributed by atoms with Crippen molar-refractivity contribution in [2.75, 3.05) is 36.5 Å². The van der Waals surface area contributed by atoms with Crippen LogP contribution in [0, 0.1) is 5.92 Å². The molecule has 11 heteroatoms. The smallest absolute Gasteiger partial charge is 0.433 e. The third-order valence-corrected chi connectivity index (χ3v) is 5.10. The van der Waals surface area contributed by atoms with Gasteiger partial charge in [0, 0.05) is 31.3 Å². The lowest BCUT2D eigenvalue weighted by Gasteiger charge is -2.33. The van der Waals surface area contributed by atoms with Crippen molar-refractivity contribution in [3.05, 3.63) is 41.7 Å². The minimum absolute atomic E-state index is 0.0173. The van der Waals surface area contributed by atoms with Gasteiger partial charge in [-0.15, -0.1) is 0 Å². The van der Waals surface area contributed by atoms with E-state index in [9.17, 15) is 18.0 Å². The molecular formula is C21H26F3N5O3. The van der Waals surface area contributed by atoms with Crippen molar-refractivity contribution in [3.8, 4) is 5.88 Å². The van der Waals surface area contributed by atoms with Crippen molar-refractivity contribution in [1.82, 2.24) is 15.3 Å². The second-order valence-electron chi connectivity index (χ2n) is 7.61. The van der Waals surface area contributed by atoms with Crippen molar-refractivity contribution in [1.29, 1.82) is 0 Å². The number of halogens is 3. The molecule has 0 atom stereocenters. The van der Waals surface area contributed by atoms with Gasteiger partial charge in [-0.2, -0.15) is 13.2 Å². The number of nitrogens with zero attached hydrogens (tertiary/aromatic N) is 3. The molecule has 8 nitrogen and oxygen atoms in total. The number of hydrogen-bond acceptors (Lipinski definition) is 6. The molecule has 2 aromatic heterocycles. The fourth-order valence-corrected chi connectivity index (χ4v) is 3.31. The predicted molar refractivity (Wildman–Crippen MR) is 113 cm³/mol. The van der Waals surface area contributed by atoms with E-state index in [0.29, 0.717) is 36.1 Å². The number of amides is 2. The van der Waals surface area contributed by atoms with Gasteiger partial charge in [0.2, 0.25) is 5.88 Å². The monoisotopic (exact) mass is 453 g/mol. The van der Waals surface area contributed by atoms with E-state index in [1.165, 1.54) is 12.3 Å². The summed E-state index contributed by atoms with van der Waals surface area (Å²) in [7, 11) is 0. The van der Waals surface area contributed by atoms with E-state index >= 15 is 0 Å². The first kappa shape index (κ1) is 23.6. The Bertz CT molecular complexity index is 901. The van der Waals surface area contributed by atoms with Gasteiger partial charge in [-0.3, -0.25) is 0 Å². The molecule has 0 spiro atoms. The third-order valence-electron chi connectivity index (χ3n) is 5.10. The maximum Gasteiger partial charge on any atom is 0.433 e. The number of piperidine rings is 1. The van der Waals surface area contributed by atoms with Crippen molar-refractivity contribution in [3.63, 3.8) is 0 Å². The molecule has 0 aliphatic carbocycles. The highest BCUT2D eigenvalue weighted by molar-refractivity contribution is 5.89. The van der Waals surface area contributed by atoms with Crippen LogP contribution in [0.25, 0.3) is 0 Å². The number of aliphatic hydroxyl groups excluding tert-OH is 1. The summed E-state index contributed by atoms with van der Waals surface area (Å²) < 4.78 is 44.7. The molecule has 3 heterocycles. The topological polar surface area (TPSA) is 99.6 Å². The Hall–Kier alpha value is -3.08. The molecular weight excluding hydrogens is 427 g/mol. The number of aliphatic hydroxyl groups is 1. The Balaban J connectivity index is 1.66. The quantitative estimate of drug-likeness (QED) is 0.594. The number of hydrogen-bond donors (Lipinski definition) is 3. The summed E-state index contributed by atoms with van der Waals surface area (Å²) in [6.07, 6.45) is -1.40. The number of alkyl halides is 3. The first-order chi connectivity index (χ1) is 15.3. The lowest BCUT2D eigenvalue weighted by Crippen LogP contribution is -2.35. The summed E-state index contributed by atoms with van der Waals surface area (Å²) in [5, 5.41) is 14.0. The summed E-state index contributed by atoms with van der Waals surface area (Å²) in [4.78, 5) is 22.0. The highest BCUT2D eigenvalue weighted by atomic mass is 19.4. The van der Waals surface area contributed by atoms with Crippen LogP contribution in [0.4, 0.5) is 29.5 Å². The van der Waals surface area contributed by atoms with Gasteiger partial charge in [-0.05, 0) is 30.9 Å². The van der Waals surface area contributed by atoms with Crippen LogP contribution in [0.5, 0.6) is 5.88 Å². The van der Waals surface area contributed by atoms with Gasteiger partial charge in [0.25, 0.3) is 0 Å². The van der Waals surface area contributed by atoms with Crippen LogP contribution in [0.15, 0.2) is 30.5 Å². The third kappa shape index (κ3) is 6.46. The summed E-state index contributed by atoms with van der Waals surface area (Å²) >= 11 is 0. The Morgan fingerprint density at radius 3 is 2.62 bits per heavy atom. The second-order valence-corrected chi connectivity index (χ2v) is 7.61. The van der Waals surface area contributed by atoms with Crippen LogP contribution in [-0.2, 0) is 12.7 Å². The molecule has 1 saturated heterocycles. The van der Waals surface area contributed by atoms with Crippen LogP contribution >= 0.6 is 0 Å². The van der Waals surface area contributed by atoms with Crippen LogP contribution in [-0.4, -0.2) is 47.4 Å². The molecule has 0 saturated carbocycles. The molecule has 1 aliphatic heterocycles. The number of rotatable bonds is 7. The van der Waals surface area contributed by atoms with E-state index < -0.39 is 17.9 Å². The van der Waals surface area contributed by atoms with Crippen molar-refractivity contribution in [2.45, 2.75) is 32.5 Å². The highest BCUT2D eigenvalue weighted by Gasteiger charge is 2.34. The molecule has 2 aromatic rings. The average Bonchev–Trinajstić information content (AvgIpc) is 2.77. The fraction of sp³-hybridized carbons (Fsp3) is 0.476. The SMILES string of the molecule is CC1CCN(c2nc(C(F)(F)F)ccc2CNC(=O)Nc2ccc(OCCO)nc2)CC1. The van der Waals surface area contributed by atoms with Gasteiger partial charge >= 0.3 is 12.2 Å². The Morgan fingerprint density at radius 2 is 2.00 bits per heavy atom. The van der Waals surface area contributed by atoms with Gasteiger partial charge in [-0.1, -0.05) is 13.0 Å². The van der Waals surface area contributed by atoms with E-state index in [1.807, 2.05) is 4.90 Å². The summed E-state index contributed by atoms with van der Waals surface area (Å²) in [5.74, 6) is 1.07. The first-order valence-electron chi connectivity index (χ1n) is 10.3. The molecule has 3 N–H and O–H groups in total. The highest BCUT2D eigenvalue weighted by Crippen LogP contribution is 2.32. The molecule has 1 fully saturated rings. The largest absolute Gasteiger partial charge is 0.475 e. The Kier molecular flexibility index (Phi) is 7.73. The number of nitrogens with one attached hydrogen (secondary N) is 2. The lowest BCUT2D eigenvalue weighted by atomic mass is 9.99.